The zero-order valence-electron chi connectivity index (χ0n) is 24.2. The molecule has 4 rings (SSSR count). The largest absolute Gasteiger partial charge is 2.00 e. The van der Waals surface area contributed by atoms with Crippen LogP contribution in [0.15, 0.2) is 53.4 Å². The van der Waals surface area contributed by atoms with E-state index in [9.17, 15) is 39.6 Å². The van der Waals surface area contributed by atoms with E-state index >= 15 is 0 Å². The number of amides is 1. The molecule has 1 heterocycles. The zero-order chi connectivity index (χ0) is 31.4. The fraction of sp³-hybridized carbons (Fsp3) is 0.333. The van der Waals surface area contributed by atoms with Crippen LogP contribution in [-0.2, 0) is 33.5 Å². The first-order valence-corrected chi connectivity index (χ1v) is 15.6. The molecule has 1 aliphatic rings. The summed E-state index contributed by atoms with van der Waals surface area (Å²) in [6.07, 6.45) is -11.5. The van der Waals surface area contributed by atoms with Gasteiger partial charge in [0.1, 0.15) is 6.10 Å². The zero-order valence-corrected chi connectivity index (χ0v) is 31.3. The van der Waals surface area contributed by atoms with Crippen molar-refractivity contribution >= 4 is 38.5 Å². The SMILES string of the molecule is CC(C)c1cc(-c2ccc(S(C)(=O)=O)cc2CN2C(=O)OC(c3cc(C(F)(F)F)cc(C(F)(F)F)c3)C2C)[c-]cc1I.[CH3-].[U+2]. The Labute approximate surface area is 290 Å². The summed E-state index contributed by atoms with van der Waals surface area (Å²) in [4.78, 5) is 14.1. The maximum Gasteiger partial charge on any atom is 2.00 e. The molecule has 3 aromatic rings. The van der Waals surface area contributed by atoms with E-state index in [1.807, 2.05) is 19.9 Å². The number of alkyl halides is 6. The van der Waals surface area contributed by atoms with Gasteiger partial charge in [0.15, 0.2) is 9.84 Å². The number of halogens is 7. The van der Waals surface area contributed by atoms with Gasteiger partial charge in [-0.1, -0.05) is 40.7 Å². The van der Waals surface area contributed by atoms with Crippen LogP contribution < -0.4 is 0 Å². The summed E-state index contributed by atoms with van der Waals surface area (Å²) < 4.78 is 112. The minimum absolute atomic E-state index is 0. The fourth-order valence-electron chi connectivity index (χ4n) is 4.77. The number of hydrogen-bond donors (Lipinski definition) is 0. The molecule has 2 unspecified atom stereocenters. The number of nitrogens with zero attached hydrogens (tertiary/aromatic N) is 1. The van der Waals surface area contributed by atoms with Crippen LogP contribution in [-0.4, -0.2) is 31.7 Å². The van der Waals surface area contributed by atoms with Gasteiger partial charge in [0.2, 0.25) is 0 Å². The van der Waals surface area contributed by atoms with Gasteiger partial charge >= 0.3 is 49.6 Å². The maximum absolute atomic E-state index is 13.5. The molecule has 0 spiro atoms. The molecule has 0 aliphatic carbocycles. The third kappa shape index (κ3) is 8.33. The van der Waals surface area contributed by atoms with Crippen molar-refractivity contribution < 1.29 is 75.4 Å². The van der Waals surface area contributed by atoms with Crippen molar-refractivity contribution in [2.75, 3.05) is 6.26 Å². The van der Waals surface area contributed by atoms with Crippen molar-refractivity contribution in [2.45, 2.75) is 62.6 Å². The summed E-state index contributed by atoms with van der Waals surface area (Å²) in [6.45, 7) is 5.23. The van der Waals surface area contributed by atoms with Crippen molar-refractivity contribution in [3.05, 3.63) is 93.4 Å². The van der Waals surface area contributed by atoms with Gasteiger partial charge in [-0.25, -0.2) is 13.2 Å². The Morgan fingerprint density at radius 2 is 1.57 bits per heavy atom. The molecule has 0 radical (unpaired) electrons. The van der Waals surface area contributed by atoms with Gasteiger partial charge in [0, 0.05) is 12.8 Å². The third-order valence-corrected chi connectivity index (χ3v) is 9.06. The van der Waals surface area contributed by atoms with Crippen molar-refractivity contribution in [3.63, 3.8) is 0 Å². The van der Waals surface area contributed by atoms with Crippen molar-refractivity contribution in [1.82, 2.24) is 4.90 Å². The van der Waals surface area contributed by atoms with E-state index in [2.05, 4.69) is 28.7 Å². The minimum Gasteiger partial charge on any atom is -0.439 e. The van der Waals surface area contributed by atoms with Crippen molar-refractivity contribution in [2.24, 2.45) is 0 Å². The average molecular weight is 978 g/mol. The Morgan fingerprint density at radius 3 is 2.07 bits per heavy atom. The first-order valence-electron chi connectivity index (χ1n) is 12.6. The topological polar surface area (TPSA) is 63.7 Å². The van der Waals surface area contributed by atoms with Gasteiger partial charge in [-0.3, -0.25) is 4.90 Å². The molecule has 236 valence electrons. The van der Waals surface area contributed by atoms with Gasteiger partial charge < -0.3 is 12.2 Å². The molecule has 2 atom stereocenters. The standard InChI is InChI=1S/C29H25F6INO4S.CH3.U/c1-15(2)24-12-17(5-8-25(24)36)23-7-6-22(42(4,39)40)11-19(23)14-37-16(3)26(41-27(37)38)18-9-20(28(30,31)32)13-21(10-18)29(33,34)35;;/h6-13,15-16,26H,14H2,1-4H3;1H3;/q2*-1;+2. The first kappa shape index (κ1) is 38.4. The van der Waals surface area contributed by atoms with Crippen LogP contribution >= 0.6 is 22.6 Å². The van der Waals surface area contributed by atoms with E-state index in [1.54, 1.807) is 12.1 Å². The summed E-state index contributed by atoms with van der Waals surface area (Å²) in [5.74, 6) is 0.160. The Kier molecular flexibility index (Phi) is 12.2. The van der Waals surface area contributed by atoms with Crippen LogP contribution in [0.1, 0.15) is 60.6 Å². The molecule has 1 aliphatic heterocycles. The van der Waals surface area contributed by atoms with Gasteiger partial charge in [0.25, 0.3) is 0 Å². The molecular formula is C30H28F6INO4SU. The number of benzene rings is 3. The Balaban J connectivity index is 0.00000337. The van der Waals surface area contributed by atoms with Crippen LogP contribution in [0.3, 0.4) is 0 Å². The molecular weight excluding hydrogens is 949 g/mol. The Morgan fingerprint density at radius 1 is 1.00 bits per heavy atom. The molecule has 1 amide bonds. The van der Waals surface area contributed by atoms with E-state index < -0.39 is 57.1 Å². The number of ether oxygens (including phenoxy) is 1. The summed E-state index contributed by atoms with van der Waals surface area (Å²) in [5, 5.41) is 0. The molecule has 5 nitrogen and oxygen atoms in total. The number of rotatable bonds is 6. The Bertz CT molecular complexity index is 1610. The van der Waals surface area contributed by atoms with Crippen LogP contribution in [0, 0.1) is 48.2 Å². The van der Waals surface area contributed by atoms with E-state index in [4.69, 9.17) is 4.74 Å². The molecule has 1 saturated heterocycles. The van der Waals surface area contributed by atoms with Gasteiger partial charge in [0.05, 0.1) is 22.1 Å². The fourth-order valence-corrected chi connectivity index (χ4v) is 6.37. The second-order valence-corrected chi connectivity index (χ2v) is 13.6. The summed E-state index contributed by atoms with van der Waals surface area (Å²) in [7, 11) is -3.66. The number of sulfone groups is 1. The quantitative estimate of drug-likeness (QED) is 0.141. The smallest absolute Gasteiger partial charge is 0.439 e. The van der Waals surface area contributed by atoms with Gasteiger partial charge in [-0.05, 0) is 42.7 Å². The van der Waals surface area contributed by atoms with Gasteiger partial charge in [-0.2, -0.15) is 26.3 Å². The van der Waals surface area contributed by atoms with Crippen molar-refractivity contribution in [3.8, 4) is 11.1 Å². The van der Waals surface area contributed by atoms with Gasteiger partial charge in [-0.15, -0.1) is 51.9 Å². The second kappa shape index (κ2) is 13.9. The van der Waals surface area contributed by atoms with Crippen LogP contribution in [0.25, 0.3) is 11.1 Å². The molecule has 44 heavy (non-hydrogen) atoms. The molecule has 0 N–H and O–H groups in total. The first-order chi connectivity index (χ1) is 19.3. The number of carbonyl (C=O) groups excluding carboxylic acids is 1. The molecule has 3 aromatic carbocycles. The van der Waals surface area contributed by atoms with E-state index in [-0.39, 0.29) is 62.0 Å². The summed E-state index contributed by atoms with van der Waals surface area (Å²) >= 11 is 2.18. The van der Waals surface area contributed by atoms with E-state index in [1.165, 1.54) is 19.1 Å². The maximum atomic E-state index is 13.5. The average Bonchev–Trinajstić information content (AvgIpc) is 3.15. The van der Waals surface area contributed by atoms with E-state index in [0.717, 1.165) is 20.3 Å². The van der Waals surface area contributed by atoms with Crippen LogP contribution in [0.5, 0.6) is 0 Å². The predicted molar refractivity (Wildman–Crippen MR) is 158 cm³/mol. The summed E-state index contributed by atoms with van der Waals surface area (Å²) in [6, 6.07) is 11.3. The monoisotopic (exact) mass is 977 g/mol. The second-order valence-electron chi connectivity index (χ2n) is 10.4. The molecule has 1 fully saturated rings. The number of hydrogen-bond acceptors (Lipinski definition) is 4. The van der Waals surface area contributed by atoms with Crippen molar-refractivity contribution in [1.29, 1.82) is 0 Å². The number of carbonyl (C=O) groups is 1. The molecule has 0 saturated carbocycles. The molecule has 0 bridgehead atoms. The van der Waals surface area contributed by atoms with Crippen LogP contribution in [0.2, 0.25) is 0 Å². The minimum atomic E-state index is -5.07. The predicted octanol–water partition coefficient (Wildman–Crippen LogP) is 8.86. The molecule has 0 aromatic heterocycles. The summed E-state index contributed by atoms with van der Waals surface area (Å²) in [5.41, 5.74) is -0.921. The Hall–Kier alpha value is -1.76. The third-order valence-electron chi connectivity index (χ3n) is 7.02. The van der Waals surface area contributed by atoms with E-state index in [0.29, 0.717) is 28.8 Å². The normalized spacial score (nSPS) is 17.3. The number of cyclic esters (lactones) is 1. The van der Waals surface area contributed by atoms with Crippen LogP contribution in [0.4, 0.5) is 31.1 Å². The molecule has 14 heteroatoms.